The minimum atomic E-state index is -1.63. The Balaban J connectivity index is 3.13. The van der Waals surface area contributed by atoms with Crippen LogP contribution in [-0.2, 0) is 4.79 Å². The number of aliphatic hydroxyl groups excluding tert-OH is 1. The van der Waals surface area contributed by atoms with Crippen molar-refractivity contribution in [2.24, 2.45) is 5.41 Å². The first kappa shape index (κ1) is 10.2. The van der Waals surface area contributed by atoms with E-state index in [-0.39, 0.29) is 11.1 Å². The van der Waals surface area contributed by atoms with Crippen molar-refractivity contribution >= 4 is 5.97 Å². The number of aliphatic hydroxyl groups is 2. The molecular weight excluding hydrogens is 172 g/mol. The van der Waals surface area contributed by atoms with Crippen LogP contribution in [0.1, 0.15) is 26.7 Å². The Morgan fingerprint density at radius 2 is 2.00 bits per heavy atom. The van der Waals surface area contributed by atoms with Crippen molar-refractivity contribution in [1.29, 1.82) is 0 Å². The average molecular weight is 186 g/mol. The quantitative estimate of drug-likeness (QED) is 0.549. The van der Waals surface area contributed by atoms with Gasteiger partial charge in [0.15, 0.2) is 6.29 Å². The third kappa shape index (κ3) is 1.73. The topological polar surface area (TPSA) is 77.8 Å². The van der Waals surface area contributed by atoms with E-state index in [0.717, 1.165) is 0 Å². The van der Waals surface area contributed by atoms with E-state index in [0.29, 0.717) is 12.8 Å². The van der Waals surface area contributed by atoms with Crippen molar-refractivity contribution in [3.8, 4) is 0 Å². The number of carbonyl (C=O) groups is 1. The van der Waals surface area contributed by atoms with E-state index in [1.807, 2.05) is 0 Å². The minimum absolute atomic E-state index is 0.155. The van der Waals surface area contributed by atoms with Gasteiger partial charge in [-0.25, -0.2) is 4.79 Å². The second-order valence-corrected chi connectivity index (χ2v) is 3.96. The normalized spacial score (nSPS) is 21.3. The number of hydrogen-bond donors (Lipinski definition) is 3. The Morgan fingerprint density at radius 3 is 2.31 bits per heavy atom. The summed E-state index contributed by atoms with van der Waals surface area (Å²) in [6.45, 7) is 3.59. The Kier molecular flexibility index (Phi) is 2.45. The lowest BCUT2D eigenvalue weighted by Gasteiger charge is -2.19. The summed E-state index contributed by atoms with van der Waals surface area (Å²) in [6, 6.07) is 0. The van der Waals surface area contributed by atoms with Crippen LogP contribution < -0.4 is 0 Å². The van der Waals surface area contributed by atoms with Crippen molar-refractivity contribution in [3.05, 3.63) is 11.1 Å². The van der Waals surface area contributed by atoms with Crippen molar-refractivity contribution in [1.82, 2.24) is 0 Å². The lowest BCUT2D eigenvalue weighted by atomic mass is 9.85. The summed E-state index contributed by atoms with van der Waals surface area (Å²) >= 11 is 0. The van der Waals surface area contributed by atoms with Gasteiger partial charge in [0.2, 0.25) is 0 Å². The zero-order chi connectivity index (χ0) is 10.2. The predicted octanol–water partition coefficient (Wildman–Crippen LogP) is 0.498. The predicted molar refractivity (Wildman–Crippen MR) is 45.9 cm³/mol. The van der Waals surface area contributed by atoms with Gasteiger partial charge < -0.3 is 15.3 Å². The third-order valence-corrected chi connectivity index (χ3v) is 2.54. The van der Waals surface area contributed by atoms with E-state index in [9.17, 15) is 4.79 Å². The fourth-order valence-electron chi connectivity index (χ4n) is 1.82. The van der Waals surface area contributed by atoms with Gasteiger partial charge in [-0.05, 0) is 23.8 Å². The third-order valence-electron chi connectivity index (χ3n) is 2.54. The molecule has 0 saturated carbocycles. The molecule has 74 valence electrons. The number of rotatable bonds is 2. The van der Waals surface area contributed by atoms with Gasteiger partial charge in [0, 0.05) is 5.57 Å². The molecule has 0 atom stereocenters. The number of carboxylic acids is 1. The van der Waals surface area contributed by atoms with Gasteiger partial charge in [0.1, 0.15) is 0 Å². The van der Waals surface area contributed by atoms with Crippen LogP contribution in [0.25, 0.3) is 0 Å². The molecule has 0 aliphatic heterocycles. The second kappa shape index (κ2) is 3.12. The molecule has 1 aliphatic carbocycles. The fraction of sp³-hybridized carbons (Fsp3) is 0.667. The van der Waals surface area contributed by atoms with Gasteiger partial charge in [-0.2, -0.15) is 0 Å². The molecule has 0 heterocycles. The maximum Gasteiger partial charge on any atom is 0.332 e. The van der Waals surface area contributed by atoms with Crippen LogP contribution in [0.5, 0.6) is 0 Å². The Hall–Kier alpha value is -0.870. The smallest absolute Gasteiger partial charge is 0.332 e. The van der Waals surface area contributed by atoms with E-state index in [1.165, 1.54) is 0 Å². The van der Waals surface area contributed by atoms with E-state index in [4.69, 9.17) is 15.3 Å². The first-order valence-electron chi connectivity index (χ1n) is 4.19. The summed E-state index contributed by atoms with van der Waals surface area (Å²) in [5.74, 6) is -1.05. The van der Waals surface area contributed by atoms with Crippen LogP contribution in [0.2, 0.25) is 0 Å². The monoisotopic (exact) mass is 186 g/mol. The lowest BCUT2D eigenvalue weighted by Crippen LogP contribution is -2.20. The fourth-order valence-corrected chi connectivity index (χ4v) is 1.82. The molecule has 0 fully saturated rings. The van der Waals surface area contributed by atoms with E-state index >= 15 is 0 Å². The molecule has 0 aromatic carbocycles. The summed E-state index contributed by atoms with van der Waals surface area (Å²) in [5, 5.41) is 26.8. The van der Waals surface area contributed by atoms with Gasteiger partial charge >= 0.3 is 5.97 Å². The van der Waals surface area contributed by atoms with Gasteiger partial charge in [-0.15, -0.1) is 0 Å². The first-order chi connectivity index (χ1) is 5.86. The molecule has 0 bridgehead atoms. The highest BCUT2D eigenvalue weighted by atomic mass is 16.5. The molecule has 0 aromatic heterocycles. The minimum Gasteiger partial charge on any atom is -0.478 e. The Labute approximate surface area is 76.5 Å². The van der Waals surface area contributed by atoms with Crippen LogP contribution in [0.15, 0.2) is 11.1 Å². The highest BCUT2D eigenvalue weighted by Gasteiger charge is 2.38. The number of hydrogen-bond acceptors (Lipinski definition) is 3. The van der Waals surface area contributed by atoms with Crippen LogP contribution in [0.4, 0.5) is 0 Å². The molecule has 4 heteroatoms. The molecule has 0 unspecified atom stereocenters. The number of carboxylic acid groups (broad SMARTS) is 1. The zero-order valence-electron chi connectivity index (χ0n) is 7.74. The van der Waals surface area contributed by atoms with Crippen LogP contribution in [0, 0.1) is 5.41 Å². The highest BCUT2D eigenvalue weighted by molar-refractivity contribution is 5.89. The van der Waals surface area contributed by atoms with Crippen molar-refractivity contribution in [3.63, 3.8) is 0 Å². The summed E-state index contributed by atoms with van der Waals surface area (Å²) in [5.41, 5.74) is -0.0507. The highest BCUT2D eigenvalue weighted by Crippen LogP contribution is 2.43. The Bertz CT molecular complexity index is 263. The molecule has 0 aromatic rings. The first-order valence-corrected chi connectivity index (χ1v) is 4.19. The van der Waals surface area contributed by atoms with Crippen LogP contribution in [-0.4, -0.2) is 27.6 Å². The molecule has 3 N–H and O–H groups in total. The van der Waals surface area contributed by atoms with Crippen LogP contribution in [0.3, 0.4) is 0 Å². The average Bonchev–Trinajstić information content (AvgIpc) is 2.24. The van der Waals surface area contributed by atoms with Gasteiger partial charge in [-0.1, -0.05) is 13.8 Å². The molecule has 13 heavy (non-hydrogen) atoms. The van der Waals surface area contributed by atoms with Crippen LogP contribution >= 0.6 is 0 Å². The van der Waals surface area contributed by atoms with Gasteiger partial charge in [-0.3, -0.25) is 0 Å². The van der Waals surface area contributed by atoms with E-state index < -0.39 is 17.7 Å². The largest absolute Gasteiger partial charge is 0.478 e. The van der Waals surface area contributed by atoms with Gasteiger partial charge in [0.25, 0.3) is 0 Å². The summed E-state index contributed by atoms with van der Waals surface area (Å²) in [7, 11) is 0. The summed E-state index contributed by atoms with van der Waals surface area (Å²) in [4.78, 5) is 10.9. The van der Waals surface area contributed by atoms with Crippen molar-refractivity contribution in [2.45, 2.75) is 33.0 Å². The summed E-state index contributed by atoms with van der Waals surface area (Å²) < 4.78 is 0. The van der Waals surface area contributed by atoms with E-state index in [1.54, 1.807) is 13.8 Å². The van der Waals surface area contributed by atoms with Gasteiger partial charge in [0.05, 0.1) is 0 Å². The van der Waals surface area contributed by atoms with Crippen molar-refractivity contribution in [2.75, 3.05) is 0 Å². The molecule has 0 spiro atoms. The zero-order valence-corrected chi connectivity index (χ0v) is 7.74. The number of aliphatic carboxylic acids is 1. The molecule has 0 saturated heterocycles. The second-order valence-electron chi connectivity index (χ2n) is 3.96. The van der Waals surface area contributed by atoms with E-state index in [2.05, 4.69) is 0 Å². The van der Waals surface area contributed by atoms with Crippen molar-refractivity contribution < 1.29 is 20.1 Å². The maximum absolute atomic E-state index is 10.9. The molecule has 1 aliphatic rings. The molecule has 0 radical (unpaired) electrons. The molecule has 1 rings (SSSR count). The molecular formula is C9H14O4. The molecule has 0 amide bonds. The summed E-state index contributed by atoms with van der Waals surface area (Å²) in [6.07, 6.45) is -0.527. The lowest BCUT2D eigenvalue weighted by molar-refractivity contribution is -0.134. The molecule has 4 nitrogen and oxygen atoms in total. The SMILES string of the molecule is CC1(C)CCC(C(O)O)=C1C(=O)O. The maximum atomic E-state index is 10.9. The Morgan fingerprint density at radius 1 is 1.46 bits per heavy atom. The standard InChI is InChI=1S/C9H14O4/c1-9(2)4-3-5(7(10)11)6(9)8(12)13/h7,10-11H,3-4H2,1-2H3,(H,12,13).